The lowest BCUT2D eigenvalue weighted by molar-refractivity contribution is -0.202. The average molecular weight is 674 g/mol. The summed E-state index contributed by atoms with van der Waals surface area (Å²) in [5.74, 6) is -2.17. The number of amides is 3. The highest BCUT2D eigenvalue weighted by molar-refractivity contribution is 7.90. The maximum Gasteiger partial charge on any atom is 0.412 e. The summed E-state index contributed by atoms with van der Waals surface area (Å²) in [6.45, 7) is 12.0. The second-order valence-electron chi connectivity index (χ2n) is 13.0. The predicted octanol–water partition coefficient (Wildman–Crippen LogP) is 5.61. The first-order valence-corrected chi connectivity index (χ1v) is 17.3. The van der Waals surface area contributed by atoms with Crippen LogP contribution in [0, 0.1) is 5.41 Å². The molecule has 0 aliphatic carbocycles. The number of anilines is 2. The van der Waals surface area contributed by atoms with Gasteiger partial charge in [-0.2, -0.15) is 0 Å². The van der Waals surface area contributed by atoms with Gasteiger partial charge in [0, 0.05) is 35.7 Å². The van der Waals surface area contributed by atoms with Crippen LogP contribution in [0.5, 0.6) is 0 Å². The average Bonchev–Trinajstić information content (AvgIpc) is 3.25. The van der Waals surface area contributed by atoms with Gasteiger partial charge in [-0.1, -0.05) is 45.0 Å². The smallest absolute Gasteiger partial charge is 0.387 e. The second kappa shape index (κ2) is 14.1. The van der Waals surface area contributed by atoms with Crippen LogP contribution in [0.2, 0.25) is 0 Å². The van der Waals surface area contributed by atoms with E-state index in [2.05, 4.69) is 20.9 Å². The summed E-state index contributed by atoms with van der Waals surface area (Å²) < 4.78 is 35.2. The number of rotatable bonds is 11. The molecule has 2 aromatic carbocycles. The molecule has 5 N–H and O–H groups in total. The third-order valence-electron chi connectivity index (χ3n) is 6.61. The fraction of sp³-hybridized carbons (Fsp3) is 0.438. The van der Waals surface area contributed by atoms with E-state index in [0.717, 1.165) is 21.7 Å². The van der Waals surface area contributed by atoms with Crippen molar-refractivity contribution in [3.05, 3.63) is 70.2 Å². The number of alkyl carbamates (subject to hydrolysis) is 1. The summed E-state index contributed by atoms with van der Waals surface area (Å²) in [6, 6.07) is 14.1. The third kappa shape index (κ3) is 10.4. The van der Waals surface area contributed by atoms with Crippen LogP contribution in [0.1, 0.15) is 70.2 Å². The summed E-state index contributed by atoms with van der Waals surface area (Å²) >= 11 is 1.35. The first-order valence-electron chi connectivity index (χ1n) is 14.6. The van der Waals surface area contributed by atoms with Gasteiger partial charge < -0.3 is 31.2 Å². The molecule has 0 saturated carbocycles. The van der Waals surface area contributed by atoms with Gasteiger partial charge in [-0.25, -0.2) is 23.0 Å². The van der Waals surface area contributed by atoms with Gasteiger partial charge in [0.05, 0.1) is 16.0 Å². The number of aryl methyl sites for hydroxylation is 2. The lowest BCUT2D eigenvalue weighted by Crippen LogP contribution is -2.59. The highest BCUT2D eigenvalue weighted by Gasteiger charge is 2.50. The molecule has 1 heterocycles. The van der Waals surface area contributed by atoms with Crippen LogP contribution in [0.15, 0.2) is 53.4 Å². The number of thiazole rings is 1. The number of nitrogens with one attached hydrogen (secondary N) is 3. The first-order chi connectivity index (χ1) is 21.2. The third-order valence-corrected chi connectivity index (χ3v) is 8.73. The fourth-order valence-electron chi connectivity index (χ4n) is 4.37. The summed E-state index contributed by atoms with van der Waals surface area (Å²) in [4.78, 5) is 42.2. The van der Waals surface area contributed by atoms with Crippen molar-refractivity contribution < 1.29 is 32.3 Å². The summed E-state index contributed by atoms with van der Waals surface area (Å²) in [7, 11) is -3.36. The van der Waals surface area contributed by atoms with Crippen molar-refractivity contribution >= 4 is 50.1 Å². The number of sulfone groups is 1. The zero-order chi connectivity index (χ0) is 34.5. The Balaban J connectivity index is 1.83. The van der Waals surface area contributed by atoms with Crippen molar-refractivity contribution in [3.63, 3.8) is 0 Å². The first kappa shape index (κ1) is 36.3. The number of hydrogen-bond donors (Lipinski definition) is 4. The Morgan fingerprint density at radius 3 is 2.13 bits per heavy atom. The van der Waals surface area contributed by atoms with E-state index >= 15 is 0 Å². The number of primary amides is 1. The molecule has 1 aromatic heterocycles. The topological polar surface area (TPSA) is 179 Å². The molecular formula is C32H43N5O7S2. The van der Waals surface area contributed by atoms with Crippen LogP contribution in [0.4, 0.5) is 20.4 Å². The van der Waals surface area contributed by atoms with Crippen molar-refractivity contribution in [3.8, 4) is 0 Å². The SMILES string of the molecule is CC(=O)Nc1nc(CCc2ccc(NC(OC(N)=O)(OC(=O)NC(C)(C)C)C(C)(C)C)cc2)c(Cc2cccc(S(C)(=O)=O)c2)s1. The van der Waals surface area contributed by atoms with Crippen molar-refractivity contribution in [2.24, 2.45) is 11.1 Å². The molecule has 0 fully saturated rings. The number of nitrogens with zero attached hydrogens (tertiary/aromatic N) is 1. The van der Waals surface area contributed by atoms with E-state index in [1.165, 1.54) is 24.5 Å². The molecule has 46 heavy (non-hydrogen) atoms. The Morgan fingerprint density at radius 1 is 0.935 bits per heavy atom. The number of hydrogen-bond acceptors (Lipinski definition) is 10. The molecule has 14 heteroatoms. The molecule has 0 aliphatic heterocycles. The summed E-state index contributed by atoms with van der Waals surface area (Å²) in [6.07, 6.45) is 0.863. The van der Waals surface area contributed by atoms with Crippen molar-refractivity contribution in [2.75, 3.05) is 16.9 Å². The Bertz CT molecular complexity index is 1670. The summed E-state index contributed by atoms with van der Waals surface area (Å²) in [5, 5.41) is 8.97. The van der Waals surface area contributed by atoms with E-state index in [-0.39, 0.29) is 10.8 Å². The molecule has 0 aliphatic rings. The molecule has 0 spiro atoms. The number of aromatic nitrogens is 1. The van der Waals surface area contributed by atoms with Crippen LogP contribution in [0.3, 0.4) is 0 Å². The Kier molecular flexibility index (Phi) is 11.1. The molecule has 1 atom stereocenters. The van der Waals surface area contributed by atoms with Gasteiger partial charge in [-0.15, -0.1) is 11.3 Å². The standard InChI is InChI=1S/C32H43N5O7S2/c1-20(38)34-28-35-25(26(45-28)19-22-10-9-11-24(18-22)46(8,41)42)17-14-21-12-15-23(16-13-21)36-32(30(2,3)4,43-27(33)39)44-29(40)37-31(5,6)7/h9-13,15-16,18,36H,14,17,19H2,1-8H3,(H2,33,39)(H,37,40)(H,34,35,38). The molecule has 0 bridgehead atoms. The Labute approximate surface area is 274 Å². The highest BCUT2D eigenvalue weighted by Crippen LogP contribution is 2.37. The van der Waals surface area contributed by atoms with E-state index in [4.69, 9.17) is 15.2 Å². The number of benzene rings is 2. The number of carbonyl (C=O) groups is 3. The van der Waals surface area contributed by atoms with Gasteiger partial charge in [0.15, 0.2) is 15.0 Å². The Hall–Kier alpha value is -4.17. The van der Waals surface area contributed by atoms with Gasteiger partial charge in [0.1, 0.15) is 0 Å². The second-order valence-corrected chi connectivity index (χ2v) is 16.1. The molecular weight excluding hydrogens is 631 g/mol. The minimum atomic E-state index is -3.36. The number of nitrogens with two attached hydrogens (primary N) is 1. The van der Waals surface area contributed by atoms with Gasteiger partial charge in [-0.05, 0) is 69.0 Å². The normalized spacial score (nSPS) is 13.3. The Morgan fingerprint density at radius 2 is 1.59 bits per heavy atom. The zero-order valence-electron chi connectivity index (χ0n) is 27.4. The maximum absolute atomic E-state index is 12.8. The van der Waals surface area contributed by atoms with E-state index < -0.39 is 38.9 Å². The van der Waals surface area contributed by atoms with Gasteiger partial charge in [0.25, 0.3) is 0 Å². The van der Waals surface area contributed by atoms with Crippen LogP contribution >= 0.6 is 11.3 Å². The van der Waals surface area contributed by atoms with E-state index in [1.54, 1.807) is 71.9 Å². The van der Waals surface area contributed by atoms with Crippen LogP contribution < -0.4 is 21.7 Å². The van der Waals surface area contributed by atoms with Crippen LogP contribution in [-0.2, 0) is 43.4 Å². The molecule has 1 unspecified atom stereocenters. The van der Waals surface area contributed by atoms with E-state index in [9.17, 15) is 22.8 Å². The molecule has 12 nitrogen and oxygen atoms in total. The van der Waals surface area contributed by atoms with Gasteiger partial charge >= 0.3 is 18.1 Å². The van der Waals surface area contributed by atoms with Gasteiger partial charge in [0.2, 0.25) is 5.91 Å². The lowest BCUT2D eigenvalue weighted by Gasteiger charge is -2.42. The molecule has 3 aromatic rings. The molecule has 0 saturated heterocycles. The number of ether oxygens (including phenoxy) is 2. The lowest BCUT2D eigenvalue weighted by atomic mass is 9.90. The zero-order valence-corrected chi connectivity index (χ0v) is 29.1. The van der Waals surface area contributed by atoms with Crippen molar-refractivity contribution in [1.82, 2.24) is 10.3 Å². The quantitative estimate of drug-likeness (QED) is 0.188. The number of carbonyl (C=O) groups excluding carboxylic acids is 3. The van der Waals surface area contributed by atoms with Crippen LogP contribution in [-0.4, -0.2) is 49.2 Å². The fourth-order valence-corrected chi connectivity index (χ4v) is 6.15. The minimum absolute atomic E-state index is 0.236. The highest BCUT2D eigenvalue weighted by atomic mass is 32.2. The molecule has 3 amide bonds. The maximum atomic E-state index is 12.8. The van der Waals surface area contributed by atoms with Gasteiger partial charge in [-0.3, -0.25) is 4.79 Å². The predicted molar refractivity (Wildman–Crippen MR) is 178 cm³/mol. The minimum Gasteiger partial charge on any atom is -0.387 e. The van der Waals surface area contributed by atoms with E-state index in [0.29, 0.717) is 30.1 Å². The van der Waals surface area contributed by atoms with Crippen molar-refractivity contribution in [1.29, 1.82) is 0 Å². The summed E-state index contributed by atoms with van der Waals surface area (Å²) in [5.41, 5.74) is 6.94. The largest absolute Gasteiger partial charge is 0.412 e. The molecule has 250 valence electrons. The monoisotopic (exact) mass is 673 g/mol. The molecule has 0 radical (unpaired) electrons. The molecule has 3 rings (SSSR count). The van der Waals surface area contributed by atoms with E-state index in [1.807, 2.05) is 18.2 Å². The van der Waals surface area contributed by atoms with Crippen LogP contribution in [0.25, 0.3) is 0 Å². The van der Waals surface area contributed by atoms with Crippen molar-refractivity contribution in [2.45, 2.75) is 84.1 Å².